The van der Waals surface area contributed by atoms with E-state index in [4.69, 9.17) is 10.8 Å². The fraction of sp³-hybridized carbons (Fsp3) is 0.250. The van der Waals surface area contributed by atoms with Gasteiger partial charge in [0, 0.05) is 28.2 Å². The maximum Gasteiger partial charge on any atom is 0.0319 e. The van der Waals surface area contributed by atoms with Crippen molar-refractivity contribution in [3.63, 3.8) is 0 Å². The molecular weight excluding hydrogens is 310 g/mol. The van der Waals surface area contributed by atoms with Crippen LogP contribution in [0.4, 0.5) is 5.69 Å². The Labute approximate surface area is 81.7 Å². The van der Waals surface area contributed by atoms with Crippen LogP contribution in [0.25, 0.3) is 5.73 Å². The topological polar surface area (TPSA) is 44.0 Å². The van der Waals surface area contributed by atoms with E-state index in [-0.39, 0.29) is 21.1 Å². The van der Waals surface area contributed by atoms with Crippen molar-refractivity contribution < 1.29 is 26.2 Å². The summed E-state index contributed by atoms with van der Waals surface area (Å²) in [5.74, 6) is 0. The van der Waals surface area contributed by atoms with Crippen LogP contribution in [0, 0.1) is 6.92 Å². The van der Waals surface area contributed by atoms with Crippen molar-refractivity contribution in [1.82, 2.24) is 0 Å². The first-order chi connectivity index (χ1) is 4.79. The van der Waals surface area contributed by atoms with E-state index in [2.05, 4.69) is 0 Å². The molecule has 1 rings (SSSR count). The van der Waals surface area contributed by atoms with Crippen molar-refractivity contribution in [2.75, 3.05) is 7.11 Å². The van der Waals surface area contributed by atoms with Gasteiger partial charge in [0.05, 0.1) is 0 Å². The Morgan fingerprint density at radius 3 is 2.09 bits per heavy atom. The third kappa shape index (κ3) is 6.08. The Morgan fingerprint density at radius 2 is 1.82 bits per heavy atom. The predicted octanol–water partition coefficient (Wildman–Crippen LogP) is 2.28. The zero-order valence-corrected chi connectivity index (χ0v) is 9.60. The van der Waals surface area contributed by atoms with E-state index in [9.17, 15) is 0 Å². The van der Waals surface area contributed by atoms with Crippen molar-refractivity contribution in [1.29, 1.82) is 0 Å². The molecule has 2 nitrogen and oxygen atoms in total. The summed E-state index contributed by atoms with van der Waals surface area (Å²) in [5, 5.41) is 7.00. The molecule has 0 amide bonds. The van der Waals surface area contributed by atoms with Gasteiger partial charge in [-0.05, 0) is 6.92 Å². The summed E-state index contributed by atoms with van der Waals surface area (Å²) >= 11 is 0. The fourth-order valence-electron chi connectivity index (χ4n) is 0.645. The van der Waals surface area contributed by atoms with Crippen molar-refractivity contribution in [2.24, 2.45) is 0 Å². The molecule has 0 atom stereocenters. The molecule has 0 saturated heterocycles. The molecule has 1 aromatic rings. The summed E-state index contributed by atoms with van der Waals surface area (Å²) in [7, 11) is 1.00. The summed E-state index contributed by atoms with van der Waals surface area (Å²) in [4.78, 5) is 0. The molecule has 0 aliphatic rings. The van der Waals surface area contributed by atoms with Crippen LogP contribution >= 0.6 is 0 Å². The van der Waals surface area contributed by atoms with Gasteiger partial charge in [-0.3, -0.25) is 0 Å². The molecular formula is C8H12NOW-. The van der Waals surface area contributed by atoms with Gasteiger partial charge in [0.1, 0.15) is 0 Å². The number of nitrogens with one attached hydrogen (secondary N) is 1. The summed E-state index contributed by atoms with van der Waals surface area (Å²) in [5.41, 5.74) is 8.87. The SMILES string of the molecule is CO.Cc1cccc([NH-])c1.[W]. The molecule has 0 radical (unpaired) electrons. The number of hydrogen-bond acceptors (Lipinski definition) is 1. The van der Waals surface area contributed by atoms with Gasteiger partial charge in [0.15, 0.2) is 0 Å². The quantitative estimate of drug-likeness (QED) is 0.783. The summed E-state index contributed by atoms with van der Waals surface area (Å²) in [6, 6.07) is 7.47. The first-order valence-electron chi connectivity index (χ1n) is 3.02. The molecule has 0 bridgehead atoms. The predicted molar refractivity (Wildman–Crippen MR) is 43.3 cm³/mol. The number of aliphatic hydroxyl groups excluding tert-OH is 1. The van der Waals surface area contributed by atoms with E-state index < -0.39 is 0 Å². The first kappa shape index (κ1) is 13.3. The number of rotatable bonds is 0. The van der Waals surface area contributed by atoms with Crippen LogP contribution in [0.5, 0.6) is 0 Å². The van der Waals surface area contributed by atoms with E-state index in [0.29, 0.717) is 5.69 Å². The van der Waals surface area contributed by atoms with E-state index in [1.54, 1.807) is 6.07 Å². The minimum Gasteiger partial charge on any atom is -0.699 e. The molecule has 0 saturated carbocycles. The third-order valence-corrected chi connectivity index (χ3v) is 1.02. The second kappa shape index (κ2) is 7.77. The Morgan fingerprint density at radius 1 is 1.27 bits per heavy atom. The molecule has 0 unspecified atom stereocenters. The van der Waals surface area contributed by atoms with Crippen LogP contribution in [0.15, 0.2) is 24.3 Å². The summed E-state index contributed by atoms with van der Waals surface area (Å²) < 4.78 is 0. The van der Waals surface area contributed by atoms with Crippen LogP contribution in [0.3, 0.4) is 0 Å². The van der Waals surface area contributed by atoms with E-state index in [1.807, 2.05) is 25.1 Å². The smallest absolute Gasteiger partial charge is 0.0319 e. The Hall–Kier alpha value is -0.332. The standard InChI is InChI=1S/C7H8N.CH4O.W/c1-6-3-2-4-7(8)5-6;1-2;/h2-5,8H,1H3;2H,1H3;/q-1;;. The fourth-order valence-corrected chi connectivity index (χ4v) is 0.645. The zero-order valence-electron chi connectivity index (χ0n) is 6.66. The molecule has 0 aromatic heterocycles. The van der Waals surface area contributed by atoms with E-state index in [1.165, 1.54) is 0 Å². The third-order valence-electron chi connectivity index (χ3n) is 1.02. The van der Waals surface area contributed by atoms with Gasteiger partial charge < -0.3 is 10.8 Å². The normalized spacial score (nSPS) is 7.18. The van der Waals surface area contributed by atoms with Gasteiger partial charge in [-0.2, -0.15) is 0 Å². The zero-order chi connectivity index (χ0) is 7.98. The molecule has 0 aliphatic heterocycles. The number of benzene rings is 1. The van der Waals surface area contributed by atoms with Crippen LogP contribution in [-0.4, -0.2) is 12.2 Å². The molecule has 2 N–H and O–H groups in total. The maximum absolute atomic E-state index is 7.14. The van der Waals surface area contributed by atoms with Gasteiger partial charge in [-0.25, -0.2) is 0 Å². The number of aryl methyl sites for hydroxylation is 1. The van der Waals surface area contributed by atoms with E-state index in [0.717, 1.165) is 12.7 Å². The number of aliphatic hydroxyl groups is 1. The second-order valence-electron chi connectivity index (χ2n) is 1.87. The average Bonchev–Trinajstić information content (AvgIpc) is 1.91. The first-order valence-corrected chi connectivity index (χ1v) is 3.02. The number of hydrogen-bond donors (Lipinski definition) is 1. The van der Waals surface area contributed by atoms with Gasteiger partial charge in [-0.1, -0.05) is 29.8 Å². The van der Waals surface area contributed by atoms with Crippen LogP contribution in [-0.2, 0) is 21.1 Å². The molecule has 62 valence electrons. The Balaban J connectivity index is 0. The Bertz CT molecular complexity index is 174. The van der Waals surface area contributed by atoms with Gasteiger partial charge in [-0.15, -0.1) is 5.69 Å². The molecule has 0 heterocycles. The van der Waals surface area contributed by atoms with Gasteiger partial charge in [0.2, 0.25) is 0 Å². The molecule has 11 heavy (non-hydrogen) atoms. The van der Waals surface area contributed by atoms with Crippen LogP contribution in [0.1, 0.15) is 5.56 Å². The minimum atomic E-state index is 0. The van der Waals surface area contributed by atoms with Gasteiger partial charge >= 0.3 is 0 Å². The molecule has 1 aromatic carbocycles. The van der Waals surface area contributed by atoms with Crippen LogP contribution < -0.4 is 0 Å². The van der Waals surface area contributed by atoms with Crippen LogP contribution in [0.2, 0.25) is 0 Å². The molecule has 0 spiro atoms. The van der Waals surface area contributed by atoms with Crippen molar-refractivity contribution in [3.8, 4) is 0 Å². The monoisotopic (exact) mass is 322 g/mol. The largest absolute Gasteiger partial charge is 0.699 e. The summed E-state index contributed by atoms with van der Waals surface area (Å²) in [6.07, 6.45) is 0. The second-order valence-corrected chi connectivity index (χ2v) is 1.87. The van der Waals surface area contributed by atoms with Crippen molar-refractivity contribution in [3.05, 3.63) is 35.6 Å². The van der Waals surface area contributed by atoms with E-state index >= 15 is 0 Å². The maximum atomic E-state index is 7.14. The summed E-state index contributed by atoms with van der Waals surface area (Å²) in [6.45, 7) is 1.98. The van der Waals surface area contributed by atoms with Gasteiger partial charge in [0.25, 0.3) is 0 Å². The average molecular weight is 322 g/mol. The van der Waals surface area contributed by atoms with Crippen molar-refractivity contribution in [2.45, 2.75) is 6.92 Å². The molecule has 0 aliphatic carbocycles. The minimum absolute atomic E-state index is 0. The molecule has 3 heteroatoms. The van der Waals surface area contributed by atoms with Crippen molar-refractivity contribution >= 4 is 5.69 Å². The Kier molecular flexibility index (Phi) is 9.38. The molecule has 0 fully saturated rings.